The fraction of sp³-hybridized carbons (Fsp3) is 0.120. The molecule has 0 aliphatic rings. The van der Waals surface area contributed by atoms with Crippen molar-refractivity contribution in [3.05, 3.63) is 65.7 Å². The fourth-order valence-corrected chi connectivity index (χ4v) is 3.37. The van der Waals surface area contributed by atoms with Gasteiger partial charge in [-0.05, 0) is 53.9 Å². The lowest BCUT2D eigenvalue weighted by Gasteiger charge is -2.17. The van der Waals surface area contributed by atoms with E-state index in [-0.39, 0.29) is 5.88 Å². The van der Waals surface area contributed by atoms with Crippen LogP contribution in [0.1, 0.15) is 11.1 Å². The Hall–Kier alpha value is -5.02. The number of hydrogen-bond acceptors (Lipinski definition) is 9. The molecule has 4 aromatic rings. The third kappa shape index (κ3) is 4.45. The first-order chi connectivity index (χ1) is 16.6. The molecule has 0 spiro atoms. The monoisotopic (exact) mass is 452 g/mol. The SMILES string of the molecule is CNc1cc(Oc2c(OC)cc3cc(C#N)ccc3c2OC)nc(Nc2ccc(C#N)cc2)n1. The lowest BCUT2D eigenvalue weighted by atomic mass is 10.1. The number of anilines is 3. The molecule has 0 radical (unpaired) electrons. The lowest BCUT2D eigenvalue weighted by Crippen LogP contribution is -2.03. The van der Waals surface area contributed by atoms with Crippen molar-refractivity contribution < 1.29 is 14.2 Å². The van der Waals surface area contributed by atoms with Crippen LogP contribution in [0.4, 0.5) is 17.5 Å². The van der Waals surface area contributed by atoms with Crippen LogP contribution in [0.15, 0.2) is 54.6 Å². The average Bonchev–Trinajstić information content (AvgIpc) is 2.88. The molecule has 0 fully saturated rings. The van der Waals surface area contributed by atoms with Gasteiger partial charge in [0.15, 0.2) is 11.5 Å². The molecule has 9 nitrogen and oxygen atoms in total. The van der Waals surface area contributed by atoms with E-state index in [4.69, 9.17) is 19.5 Å². The summed E-state index contributed by atoms with van der Waals surface area (Å²) in [6, 6.07) is 19.8. The molecule has 0 atom stereocenters. The predicted octanol–water partition coefficient (Wildman–Crippen LogP) is 4.97. The first kappa shape index (κ1) is 22.2. The molecule has 1 aromatic heterocycles. The minimum Gasteiger partial charge on any atom is -0.493 e. The van der Waals surface area contributed by atoms with Gasteiger partial charge in [0.2, 0.25) is 17.6 Å². The van der Waals surface area contributed by atoms with E-state index in [1.165, 1.54) is 14.2 Å². The number of ether oxygens (including phenoxy) is 3. The number of fused-ring (bicyclic) bond motifs is 1. The number of aromatic nitrogens is 2. The summed E-state index contributed by atoms with van der Waals surface area (Å²) in [4.78, 5) is 8.88. The van der Waals surface area contributed by atoms with Crippen LogP contribution in [-0.4, -0.2) is 31.2 Å². The standard InChI is InChI=1S/C25H20N6O3/c1-28-21-12-22(31-25(30-21)29-18-7-4-15(13-26)5-8-18)34-24-20(32-2)11-17-10-16(14-27)6-9-19(17)23(24)33-3/h4-12H,1-3H3,(H2,28,29,30,31). The van der Waals surface area contributed by atoms with E-state index >= 15 is 0 Å². The molecule has 2 N–H and O–H groups in total. The summed E-state index contributed by atoms with van der Waals surface area (Å²) < 4.78 is 17.4. The minimum absolute atomic E-state index is 0.250. The quantitative estimate of drug-likeness (QED) is 0.400. The Balaban J connectivity index is 1.75. The van der Waals surface area contributed by atoms with Crippen LogP contribution in [0.5, 0.6) is 23.1 Å². The van der Waals surface area contributed by atoms with Gasteiger partial charge in [0.1, 0.15) is 5.82 Å². The van der Waals surface area contributed by atoms with Gasteiger partial charge in [0.05, 0.1) is 37.5 Å². The zero-order valence-corrected chi connectivity index (χ0v) is 18.7. The highest BCUT2D eigenvalue weighted by Crippen LogP contribution is 2.45. The van der Waals surface area contributed by atoms with Crippen molar-refractivity contribution in [1.29, 1.82) is 10.5 Å². The van der Waals surface area contributed by atoms with E-state index in [9.17, 15) is 5.26 Å². The smallest absolute Gasteiger partial charge is 0.232 e. The highest BCUT2D eigenvalue weighted by Gasteiger charge is 2.19. The second-order valence-corrected chi connectivity index (χ2v) is 7.07. The van der Waals surface area contributed by atoms with Crippen LogP contribution < -0.4 is 24.8 Å². The Morgan fingerprint density at radius 1 is 0.824 bits per heavy atom. The van der Waals surface area contributed by atoms with Crippen molar-refractivity contribution in [1.82, 2.24) is 9.97 Å². The summed E-state index contributed by atoms with van der Waals surface area (Å²) in [5, 5.41) is 25.9. The van der Waals surface area contributed by atoms with Crippen LogP contribution in [0.3, 0.4) is 0 Å². The van der Waals surface area contributed by atoms with Crippen molar-refractivity contribution in [3.63, 3.8) is 0 Å². The molecule has 0 amide bonds. The highest BCUT2D eigenvalue weighted by molar-refractivity contribution is 5.94. The van der Waals surface area contributed by atoms with E-state index in [1.54, 1.807) is 61.6 Å². The first-order valence-corrected chi connectivity index (χ1v) is 10.2. The average molecular weight is 452 g/mol. The maximum absolute atomic E-state index is 9.23. The minimum atomic E-state index is 0.250. The summed E-state index contributed by atoms with van der Waals surface area (Å²) in [6.45, 7) is 0. The lowest BCUT2D eigenvalue weighted by molar-refractivity contribution is 0.345. The third-order valence-corrected chi connectivity index (χ3v) is 5.00. The molecule has 168 valence electrons. The van der Waals surface area contributed by atoms with E-state index in [1.807, 2.05) is 0 Å². The largest absolute Gasteiger partial charge is 0.493 e. The maximum atomic E-state index is 9.23. The van der Waals surface area contributed by atoms with E-state index < -0.39 is 0 Å². The molecule has 3 aromatic carbocycles. The van der Waals surface area contributed by atoms with E-state index in [2.05, 4.69) is 32.7 Å². The Bertz CT molecular complexity index is 1440. The molecule has 0 bridgehead atoms. The van der Waals surface area contributed by atoms with Crippen molar-refractivity contribution >= 4 is 28.2 Å². The molecule has 1 heterocycles. The predicted molar refractivity (Wildman–Crippen MR) is 128 cm³/mol. The zero-order chi connectivity index (χ0) is 24.1. The molecule has 34 heavy (non-hydrogen) atoms. The number of methoxy groups -OCH3 is 2. The summed E-state index contributed by atoms with van der Waals surface area (Å²) in [5.41, 5.74) is 1.79. The second kappa shape index (κ2) is 9.63. The van der Waals surface area contributed by atoms with Crippen LogP contribution >= 0.6 is 0 Å². The van der Waals surface area contributed by atoms with Gasteiger partial charge in [-0.2, -0.15) is 20.5 Å². The maximum Gasteiger partial charge on any atom is 0.232 e. The molecule has 0 aliphatic carbocycles. The Morgan fingerprint density at radius 3 is 2.21 bits per heavy atom. The van der Waals surface area contributed by atoms with Gasteiger partial charge in [0.25, 0.3) is 0 Å². The number of benzene rings is 3. The van der Waals surface area contributed by atoms with Gasteiger partial charge >= 0.3 is 0 Å². The fourth-order valence-electron chi connectivity index (χ4n) is 3.37. The van der Waals surface area contributed by atoms with E-state index in [0.29, 0.717) is 45.8 Å². The molecule has 0 aliphatic heterocycles. The second-order valence-electron chi connectivity index (χ2n) is 7.07. The van der Waals surface area contributed by atoms with Crippen molar-refractivity contribution in [2.24, 2.45) is 0 Å². The van der Waals surface area contributed by atoms with Crippen LogP contribution in [-0.2, 0) is 0 Å². The molecule has 0 unspecified atom stereocenters. The first-order valence-electron chi connectivity index (χ1n) is 10.2. The molecule has 9 heteroatoms. The topological polar surface area (TPSA) is 125 Å². The van der Waals surface area contributed by atoms with Crippen LogP contribution in [0.25, 0.3) is 10.8 Å². The van der Waals surface area contributed by atoms with Gasteiger partial charge in [0, 0.05) is 24.2 Å². The Morgan fingerprint density at radius 2 is 1.56 bits per heavy atom. The number of nitrogens with zero attached hydrogens (tertiary/aromatic N) is 4. The van der Waals surface area contributed by atoms with Gasteiger partial charge in [-0.1, -0.05) is 0 Å². The molecular formula is C25H20N6O3. The van der Waals surface area contributed by atoms with Gasteiger partial charge < -0.3 is 24.8 Å². The summed E-state index contributed by atoms with van der Waals surface area (Å²) in [6.07, 6.45) is 0. The Kier molecular flexibility index (Phi) is 6.29. The Labute approximate surface area is 196 Å². The van der Waals surface area contributed by atoms with Gasteiger partial charge in [-0.25, -0.2) is 0 Å². The number of nitriles is 2. The van der Waals surface area contributed by atoms with Crippen molar-refractivity contribution in [3.8, 4) is 35.3 Å². The zero-order valence-electron chi connectivity index (χ0n) is 18.7. The summed E-state index contributed by atoms with van der Waals surface area (Å²) >= 11 is 0. The highest BCUT2D eigenvalue weighted by atomic mass is 16.5. The molecular weight excluding hydrogens is 432 g/mol. The third-order valence-electron chi connectivity index (χ3n) is 5.00. The van der Waals surface area contributed by atoms with E-state index in [0.717, 1.165) is 10.8 Å². The van der Waals surface area contributed by atoms with Crippen LogP contribution in [0, 0.1) is 22.7 Å². The van der Waals surface area contributed by atoms with Crippen molar-refractivity contribution in [2.75, 3.05) is 31.9 Å². The van der Waals surface area contributed by atoms with Gasteiger partial charge in [-0.15, -0.1) is 0 Å². The van der Waals surface area contributed by atoms with Crippen molar-refractivity contribution in [2.45, 2.75) is 0 Å². The number of hydrogen-bond donors (Lipinski definition) is 2. The van der Waals surface area contributed by atoms with Gasteiger partial charge in [-0.3, -0.25) is 0 Å². The normalized spacial score (nSPS) is 10.1. The summed E-state index contributed by atoms with van der Waals surface area (Å²) in [7, 11) is 4.80. The van der Waals surface area contributed by atoms with Crippen LogP contribution in [0.2, 0.25) is 0 Å². The molecule has 0 saturated heterocycles. The number of nitrogens with one attached hydrogen (secondary N) is 2. The number of rotatable bonds is 7. The molecule has 4 rings (SSSR count). The molecule has 0 saturated carbocycles. The summed E-state index contributed by atoms with van der Waals surface area (Å²) in [5.74, 6) is 2.28.